The summed E-state index contributed by atoms with van der Waals surface area (Å²) in [4.78, 5) is 15.3. The van der Waals surface area contributed by atoms with Crippen molar-refractivity contribution in [3.05, 3.63) is 77.1 Å². The van der Waals surface area contributed by atoms with E-state index in [9.17, 15) is 4.79 Å². The number of aryl methyl sites for hydroxylation is 2. The Kier molecular flexibility index (Phi) is 5.36. The van der Waals surface area contributed by atoms with Gasteiger partial charge in [0.2, 0.25) is 0 Å². The normalized spacial score (nSPS) is 16.7. The number of amides is 1. The molecule has 29 heavy (non-hydrogen) atoms. The van der Waals surface area contributed by atoms with Crippen LogP contribution in [0.4, 0.5) is 0 Å². The van der Waals surface area contributed by atoms with Crippen LogP contribution in [0.25, 0.3) is 5.69 Å². The predicted molar refractivity (Wildman–Crippen MR) is 113 cm³/mol. The van der Waals surface area contributed by atoms with Crippen molar-refractivity contribution in [3.8, 4) is 11.4 Å². The minimum atomic E-state index is -0.0666. The molecule has 6 heteroatoms. The first-order chi connectivity index (χ1) is 14.1. The Balaban J connectivity index is 1.61. The van der Waals surface area contributed by atoms with Gasteiger partial charge in [-0.05, 0) is 50.2 Å². The van der Waals surface area contributed by atoms with Gasteiger partial charge in [0.05, 0.1) is 24.5 Å². The summed E-state index contributed by atoms with van der Waals surface area (Å²) < 4.78 is 7.43. The van der Waals surface area contributed by atoms with Gasteiger partial charge in [-0.1, -0.05) is 18.2 Å². The van der Waals surface area contributed by atoms with Crippen molar-refractivity contribution < 1.29 is 9.53 Å². The Morgan fingerprint density at radius 3 is 2.59 bits per heavy atom. The number of methoxy groups -OCH3 is 1. The van der Waals surface area contributed by atoms with Gasteiger partial charge < -0.3 is 15.0 Å². The molecule has 2 heterocycles. The molecular formula is C23H26N4O2. The molecule has 1 amide bonds. The number of benzene rings is 2. The highest BCUT2D eigenvalue weighted by Gasteiger charge is 2.30. The SMILES string of the molecule is COc1ccccc1C1CNCCN1C(=O)c1ccc(-n2nc(C)cc2C)cc1. The van der Waals surface area contributed by atoms with Crippen LogP contribution in [0, 0.1) is 13.8 Å². The third-order valence-electron chi connectivity index (χ3n) is 5.37. The zero-order valence-electron chi connectivity index (χ0n) is 17.1. The number of hydrogen-bond donors (Lipinski definition) is 1. The number of aromatic nitrogens is 2. The van der Waals surface area contributed by atoms with Crippen molar-refractivity contribution in [2.75, 3.05) is 26.7 Å². The van der Waals surface area contributed by atoms with E-state index in [1.54, 1.807) is 7.11 Å². The zero-order chi connectivity index (χ0) is 20.4. The molecule has 1 aliphatic rings. The Morgan fingerprint density at radius 2 is 1.90 bits per heavy atom. The van der Waals surface area contributed by atoms with Gasteiger partial charge in [-0.25, -0.2) is 4.68 Å². The lowest BCUT2D eigenvalue weighted by Crippen LogP contribution is -2.48. The molecule has 1 N–H and O–H groups in total. The molecule has 150 valence electrons. The summed E-state index contributed by atoms with van der Waals surface area (Å²) in [6, 6.07) is 17.5. The zero-order valence-corrected chi connectivity index (χ0v) is 17.1. The molecule has 2 aromatic carbocycles. The van der Waals surface area contributed by atoms with Crippen molar-refractivity contribution in [2.24, 2.45) is 0 Å². The minimum absolute atomic E-state index is 0.0299. The number of rotatable bonds is 4. The van der Waals surface area contributed by atoms with Crippen LogP contribution in [0.5, 0.6) is 5.75 Å². The highest BCUT2D eigenvalue weighted by Crippen LogP contribution is 2.31. The van der Waals surface area contributed by atoms with Crippen molar-refractivity contribution in [2.45, 2.75) is 19.9 Å². The number of carbonyl (C=O) groups is 1. The lowest BCUT2D eigenvalue weighted by molar-refractivity contribution is 0.0631. The Morgan fingerprint density at radius 1 is 1.14 bits per heavy atom. The van der Waals surface area contributed by atoms with E-state index >= 15 is 0 Å². The Hall–Kier alpha value is -3.12. The fourth-order valence-electron chi connectivity index (χ4n) is 3.97. The van der Waals surface area contributed by atoms with Crippen molar-refractivity contribution in [1.29, 1.82) is 0 Å². The highest BCUT2D eigenvalue weighted by atomic mass is 16.5. The lowest BCUT2D eigenvalue weighted by atomic mass is 10.0. The van der Waals surface area contributed by atoms with Crippen LogP contribution in [-0.4, -0.2) is 47.3 Å². The number of hydrogen-bond acceptors (Lipinski definition) is 4. The maximum absolute atomic E-state index is 13.3. The minimum Gasteiger partial charge on any atom is -0.496 e. The van der Waals surface area contributed by atoms with E-state index < -0.39 is 0 Å². The molecule has 0 radical (unpaired) electrons. The van der Waals surface area contributed by atoms with Crippen LogP contribution >= 0.6 is 0 Å². The second-order valence-electron chi connectivity index (χ2n) is 7.35. The molecule has 6 nitrogen and oxygen atoms in total. The molecule has 0 bridgehead atoms. The van der Waals surface area contributed by atoms with E-state index in [4.69, 9.17) is 4.74 Å². The number of piperazine rings is 1. The van der Waals surface area contributed by atoms with Crippen molar-refractivity contribution in [1.82, 2.24) is 20.0 Å². The summed E-state index contributed by atoms with van der Waals surface area (Å²) in [6.07, 6.45) is 0. The van der Waals surface area contributed by atoms with Crippen LogP contribution in [0.15, 0.2) is 54.6 Å². The monoisotopic (exact) mass is 390 g/mol. The lowest BCUT2D eigenvalue weighted by Gasteiger charge is -2.37. The van der Waals surface area contributed by atoms with Gasteiger partial charge in [0.1, 0.15) is 5.75 Å². The molecule has 0 spiro atoms. The molecule has 1 saturated heterocycles. The standard InChI is InChI=1S/C23H26N4O2/c1-16-14-17(2)27(25-16)19-10-8-18(9-11-19)23(28)26-13-12-24-15-21(26)20-6-4-5-7-22(20)29-3/h4-11,14,21,24H,12-13,15H2,1-3H3. The maximum atomic E-state index is 13.3. The molecule has 0 saturated carbocycles. The summed E-state index contributed by atoms with van der Waals surface area (Å²) in [5.41, 5.74) is 4.70. The highest BCUT2D eigenvalue weighted by molar-refractivity contribution is 5.94. The maximum Gasteiger partial charge on any atom is 0.254 e. The largest absolute Gasteiger partial charge is 0.496 e. The number of carbonyl (C=O) groups excluding carboxylic acids is 1. The van der Waals surface area contributed by atoms with Crippen molar-refractivity contribution >= 4 is 5.91 Å². The van der Waals surface area contributed by atoms with Gasteiger partial charge in [0.15, 0.2) is 0 Å². The molecular weight excluding hydrogens is 364 g/mol. The second kappa shape index (κ2) is 8.09. The van der Waals surface area contributed by atoms with Gasteiger partial charge in [-0.3, -0.25) is 4.79 Å². The Bertz CT molecular complexity index is 1010. The number of ether oxygens (including phenoxy) is 1. The summed E-state index contributed by atoms with van der Waals surface area (Å²) in [7, 11) is 1.67. The van der Waals surface area contributed by atoms with Crippen molar-refractivity contribution in [3.63, 3.8) is 0 Å². The predicted octanol–water partition coefficient (Wildman–Crippen LogP) is 3.28. The molecule has 1 fully saturated rings. The third-order valence-corrected chi connectivity index (χ3v) is 5.37. The number of nitrogens with zero attached hydrogens (tertiary/aromatic N) is 3. The smallest absolute Gasteiger partial charge is 0.254 e. The average Bonchev–Trinajstić information content (AvgIpc) is 3.11. The molecule has 3 aromatic rings. The average molecular weight is 390 g/mol. The van der Waals surface area contributed by atoms with Crippen LogP contribution in [0.3, 0.4) is 0 Å². The number of para-hydroxylation sites is 1. The van der Waals surface area contributed by atoms with E-state index in [0.717, 1.165) is 34.9 Å². The van der Waals surface area contributed by atoms with E-state index in [2.05, 4.69) is 10.4 Å². The first-order valence-electron chi connectivity index (χ1n) is 9.87. The van der Waals surface area contributed by atoms with Crippen LogP contribution in [-0.2, 0) is 0 Å². The van der Waals surface area contributed by atoms with Crippen LogP contribution in [0.2, 0.25) is 0 Å². The Labute approximate surface area is 171 Å². The van der Waals surface area contributed by atoms with Gasteiger partial charge in [0.25, 0.3) is 5.91 Å². The van der Waals surface area contributed by atoms with E-state index in [0.29, 0.717) is 18.7 Å². The molecule has 1 aromatic heterocycles. The summed E-state index contributed by atoms with van der Waals surface area (Å²) in [6.45, 7) is 6.14. The topological polar surface area (TPSA) is 59.4 Å². The van der Waals surface area contributed by atoms with Crippen LogP contribution < -0.4 is 10.1 Å². The summed E-state index contributed by atoms with van der Waals surface area (Å²) in [5.74, 6) is 0.834. The third kappa shape index (κ3) is 3.76. The molecule has 1 unspecified atom stereocenters. The first-order valence-corrected chi connectivity index (χ1v) is 9.87. The number of nitrogens with one attached hydrogen (secondary N) is 1. The van der Waals surface area contributed by atoms with Gasteiger partial charge in [-0.2, -0.15) is 5.10 Å². The molecule has 4 rings (SSSR count). The first kappa shape index (κ1) is 19.2. The van der Waals surface area contributed by atoms with Gasteiger partial charge >= 0.3 is 0 Å². The van der Waals surface area contributed by atoms with E-state index in [-0.39, 0.29) is 11.9 Å². The summed E-state index contributed by atoms with van der Waals surface area (Å²) >= 11 is 0. The fourth-order valence-corrected chi connectivity index (χ4v) is 3.97. The van der Waals surface area contributed by atoms with E-state index in [1.165, 1.54) is 0 Å². The molecule has 1 aliphatic heterocycles. The summed E-state index contributed by atoms with van der Waals surface area (Å²) in [5, 5.41) is 7.91. The second-order valence-corrected chi connectivity index (χ2v) is 7.35. The fraction of sp³-hybridized carbons (Fsp3) is 0.304. The van der Waals surface area contributed by atoms with E-state index in [1.807, 2.05) is 78.0 Å². The molecule has 0 aliphatic carbocycles. The van der Waals surface area contributed by atoms with Crippen LogP contribution in [0.1, 0.15) is 33.4 Å². The molecule has 1 atom stereocenters. The quantitative estimate of drug-likeness (QED) is 0.743. The van der Waals surface area contributed by atoms with Gasteiger partial charge in [0, 0.05) is 36.5 Å². The van der Waals surface area contributed by atoms with Gasteiger partial charge in [-0.15, -0.1) is 0 Å².